The Kier molecular flexibility index (Phi) is 5.94. The fraction of sp³-hybridized carbons (Fsp3) is 0.308. The molecule has 0 aliphatic carbocycles. The fourth-order valence-electron chi connectivity index (χ4n) is 1.49. The summed E-state index contributed by atoms with van der Waals surface area (Å²) in [5, 5.41) is 8.55. The van der Waals surface area contributed by atoms with E-state index in [0.717, 1.165) is 4.90 Å². The monoisotopic (exact) mass is 324 g/mol. The molecular weight excluding hydrogens is 308 g/mol. The Morgan fingerprint density at radius 2 is 2.05 bits per heavy atom. The third-order valence-corrected chi connectivity index (χ3v) is 4.40. The molecule has 0 amide bonds. The van der Waals surface area contributed by atoms with Gasteiger partial charge in [-0.05, 0) is 19.1 Å². The third-order valence-electron chi connectivity index (χ3n) is 2.47. The molecule has 2 N–H and O–H groups in total. The molecule has 0 bridgehead atoms. The van der Waals surface area contributed by atoms with Gasteiger partial charge in [-0.3, -0.25) is 4.79 Å². The molecule has 21 heavy (non-hydrogen) atoms. The van der Waals surface area contributed by atoms with Crippen molar-refractivity contribution in [2.45, 2.75) is 22.7 Å². The molecule has 0 aliphatic heterocycles. The van der Waals surface area contributed by atoms with Crippen LogP contribution in [0.4, 0.5) is 0 Å². The molecule has 8 heteroatoms. The zero-order valence-electron chi connectivity index (χ0n) is 11.6. The number of hydrogen-bond donors (Lipinski definition) is 1. The predicted molar refractivity (Wildman–Crippen MR) is 83.5 cm³/mol. The van der Waals surface area contributed by atoms with Crippen molar-refractivity contribution in [3.63, 3.8) is 0 Å². The van der Waals surface area contributed by atoms with E-state index in [1.54, 1.807) is 18.7 Å². The minimum Gasteiger partial charge on any atom is -0.465 e. The number of benzene rings is 1. The Bertz CT molecular complexity index is 589. The highest BCUT2D eigenvalue weighted by molar-refractivity contribution is 7.99. The first kappa shape index (κ1) is 15.7. The molecule has 0 saturated heterocycles. The number of thioether (sulfide) groups is 2. The van der Waals surface area contributed by atoms with E-state index in [-0.39, 0.29) is 11.7 Å². The number of rotatable bonds is 7. The van der Waals surface area contributed by atoms with Gasteiger partial charge in [0.1, 0.15) is 0 Å². The van der Waals surface area contributed by atoms with Gasteiger partial charge in [0, 0.05) is 4.90 Å². The van der Waals surface area contributed by atoms with E-state index in [1.807, 2.05) is 30.3 Å². The summed E-state index contributed by atoms with van der Waals surface area (Å²) in [5.41, 5.74) is 0. The number of carbonyl (C=O) groups is 1. The van der Waals surface area contributed by atoms with Crippen LogP contribution < -0.4 is 5.84 Å². The van der Waals surface area contributed by atoms with Gasteiger partial charge in [-0.2, -0.15) is 0 Å². The Morgan fingerprint density at radius 3 is 2.76 bits per heavy atom. The molecule has 6 nitrogen and oxygen atoms in total. The van der Waals surface area contributed by atoms with Crippen molar-refractivity contribution >= 4 is 29.5 Å². The smallest absolute Gasteiger partial charge is 0.316 e. The van der Waals surface area contributed by atoms with Crippen LogP contribution >= 0.6 is 23.5 Å². The summed E-state index contributed by atoms with van der Waals surface area (Å²) in [4.78, 5) is 12.4. The maximum absolute atomic E-state index is 11.3. The van der Waals surface area contributed by atoms with E-state index in [4.69, 9.17) is 10.6 Å². The summed E-state index contributed by atoms with van der Waals surface area (Å²) in [6.45, 7) is 2.14. The predicted octanol–water partition coefficient (Wildman–Crippen LogP) is 1.94. The average molecular weight is 324 g/mol. The van der Waals surface area contributed by atoms with Crippen LogP contribution in [0.1, 0.15) is 12.7 Å². The SMILES string of the molecule is CCOC(=O)CSc1nnc(CSc2ccccc2)n1N. The number of carbonyl (C=O) groups excluding carboxylic acids is 1. The van der Waals surface area contributed by atoms with Crippen LogP contribution in [0.2, 0.25) is 0 Å². The molecule has 0 spiro atoms. The zero-order chi connectivity index (χ0) is 15.1. The first-order chi connectivity index (χ1) is 10.2. The lowest BCUT2D eigenvalue weighted by molar-refractivity contribution is -0.139. The largest absolute Gasteiger partial charge is 0.465 e. The molecule has 1 heterocycles. The van der Waals surface area contributed by atoms with Gasteiger partial charge in [0.2, 0.25) is 5.16 Å². The summed E-state index contributed by atoms with van der Waals surface area (Å²) in [7, 11) is 0. The lowest BCUT2D eigenvalue weighted by Gasteiger charge is -2.04. The van der Waals surface area contributed by atoms with Crippen LogP contribution in [0.25, 0.3) is 0 Å². The number of esters is 1. The number of aromatic nitrogens is 3. The normalized spacial score (nSPS) is 10.5. The van der Waals surface area contributed by atoms with Crippen LogP contribution in [-0.2, 0) is 15.3 Å². The Hall–Kier alpha value is -1.67. The molecule has 0 aliphatic rings. The number of nitrogens with two attached hydrogens (primary N) is 1. The van der Waals surface area contributed by atoms with E-state index in [9.17, 15) is 4.79 Å². The molecule has 0 unspecified atom stereocenters. The lowest BCUT2D eigenvalue weighted by atomic mass is 10.4. The van der Waals surface area contributed by atoms with Gasteiger partial charge in [0.15, 0.2) is 5.82 Å². The molecule has 0 fully saturated rings. The first-order valence-corrected chi connectivity index (χ1v) is 8.33. The van der Waals surface area contributed by atoms with Crippen LogP contribution in [0, 0.1) is 0 Å². The number of nitrogen functional groups attached to an aromatic ring is 1. The number of hydrogen-bond acceptors (Lipinski definition) is 7. The van der Waals surface area contributed by atoms with Crippen molar-refractivity contribution < 1.29 is 9.53 Å². The molecule has 0 atom stereocenters. The average Bonchev–Trinajstić information content (AvgIpc) is 2.85. The second-order valence-electron chi connectivity index (χ2n) is 3.96. The highest BCUT2D eigenvalue weighted by atomic mass is 32.2. The minimum atomic E-state index is -0.286. The molecule has 1 aromatic carbocycles. The van der Waals surface area contributed by atoms with E-state index in [2.05, 4.69) is 10.2 Å². The van der Waals surface area contributed by atoms with Crippen molar-refractivity contribution in [3.8, 4) is 0 Å². The number of nitrogens with zero attached hydrogens (tertiary/aromatic N) is 3. The van der Waals surface area contributed by atoms with E-state index in [1.165, 1.54) is 16.4 Å². The molecule has 2 rings (SSSR count). The Morgan fingerprint density at radius 1 is 1.29 bits per heavy atom. The van der Waals surface area contributed by atoms with Crippen LogP contribution in [0.5, 0.6) is 0 Å². The summed E-state index contributed by atoms with van der Waals surface area (Å²) in [5.74, 6) is 7.10. The second kappa shape index (κ2) is 7.94. The quantitative estimate of drug-likeness (QED) is 0.473. The van der Waals surface area contributed by atoms with Crippen molar-refractivity contribution in [2.75, 3.05) is 18.2 Å². The molecule has 0 saturated carbocycles. The molecule has 2 aromatic rings. The van der Waals surface area contributed by atoms with E-state index >= 15 is 0 Å². The summed E-state index contributed by atoms with van der Waals surface area (Å²) < 4.78 is 6.27. The molecule has 0 radical (unpaired) electrons. The van der Waals surface area contributed by atoms with E-state index < -0.39 is 0 Å². The van der Waals surface area contributed by atoms with Crippen molar-refractivity contribution in [1.29, 1.82) is 0 Å². The lowest BCUT2D eigenvalue weighted by Crippen LogP contribution is -2.14. The van der Waals surface area contributed by atoms with Gasteiger partial charge in [0.25, 0.3) is 0 Å². The van der Waals surface area contributed by atoms with Crippen molar-refractivity contribution in [2.24, 2.45) is 0 Å². The maximum Gasteiger partial charge on any atom is 0.316 e. The van der Waals surface area contributed by atoms with E-state index in [0.29, 0.717) is 23.3 Å². The topological polar surface area (TPSA) is 83.0 Å². The summed E-state index contributed by atoms with van der Waals surface area (Å²) >= 11 is 2.85. The summed E-state index contributed by atoms with van der Waals surface area (Å²) in [6, 6.07) is 9.99. The first-order valence-electron chi connectivity index (χ1n) is 6.36. The van der Waals surface area contributed by atoms with Gasteiger partial charge in [-0.25, -0.2) is 4.68 Å². The number of ether oxygens (including phenoxy) is 1. The maximum atomic E-state index is 11.3. The summed E-state index contributed by atoms with van der Waals surface area (Å²) in [6.07, 6.45) is 0. The van der Waals surface area contributed by atoms with Crippen LogP contribution in [-0.4, -0.2) is 33.2 Å². The highest BCUT2D eigenvalue weighted by Crippen LogP contribution is 2.22. The van der Waals surface area contributed by atoms with Crippen molar-refractivity contribution in [3.05, 3.63) is 36.2 Å². The van der Waals surface area contributed by atoms with Gasteiger partial charge < -0.3 is 10.6 Å². The second-order valence-corrected chi connectivity index (χ2v) is 5.96. The van der Waals surface area contributed by atoms with Gasteiger partial charge in [-0.1, -0.05) is 30.0 Å². The third kappa shape index (κ3) is 4.68. The highest BCUT2D eigenvalue weighted by Gasteiger charge is 2.12. The standard InChI is InChI=1S/C13H16N4O2S2/c1-2-19-12(18)9-21-13-16-15-11(17(13)14)8-20-10-6-4-3-5-7-10/h3-7H,2,8-9,14H2,1H3. The minimum absolute atomic E-state index is 0.176. The van der Waals surface area contributed by atoms with Crippen LogP contribution in [0.15, 0.2) is 40.4 Å². The van der Waals surface area contributed by atoms with Gasteiger partial charge in [0.05, 0.1) is 18.1 Å². The van der Waals surface area contributed by atoms with Gasteiger partial charge >= 0.3 is 5.97 Å². The van der Waals surface area contributed by atoms with Crippen LogP contribution in [0.3, 0.4) is 0 Å². The Balaban J connectivity index is 1.89. The van der Waals surface area contributed by atoms with Gasteiger partial charge in [-0.15, -0.1) is 22.0 Å². The molecule has 1 aromatic heterocycles. The van der Waals surface area contributed by atoms with Crippen molar-refractivity contribution in [1.82, 2.24) is 14.9 Å². The zero-order valence-corrected chi connectivity index (χ0v) is 13.2. The molecular formula is C13H16N4O2S2. The molecule has 112 valence electrons. The Labute approximate surface area is 131 Å². The fourth-order valence-corrected chi connectivity index (χ4v) is 3.01.